The van der Waals surface area contributed by atoms with Gasteiger partial charge in [0.05, 0.1) is 5.75 Å². The van der Waals surface area contributed by atoms with E-state index in [0.29, 0.717) is 6.42 Å². The van der Waals surface area contributed by atoms with Gasteiger partial charge in [0.15, 0.2) is 0 Å². The van der Waals surface area contributed by atoms with Crippen LogP contribution in [-0.2, 0) is 14.8 Å². The Bertz CT molecular complexity index is 288. The fourth-order valence-electron chi connectivity index (χ4n) is 1.25. The Morgan fingerprint density at radius 3 is 2.40 bits per heavy atom. The van der Waals surface area contributed by atoms with Crippen LogP contribution in [-0.4, -0.2) is 26.1 Å². The molecule has 0 aromatic rings. The van der Waals surface area contributed by atoms with E-state index < -0.39 is 15.9 Å². The molecule has 0 aromatic heterocycles. The summed E-state index contributed by atoms with van der Waals surface area (Å²) in [5.74, 6) is -0.536. The monoisotopic (exact) mass is 236 g/mol. The summed E-state index contributed by atoms with van der Waals surface area (Å²) in [4.78, 5) is 11.2. The van der Waals surface area contributed by atoms with Crippen molar-refractivity contribution in [2.24, 2.45) is 5.73 Å². The van der Waals surface area contributed by atoms with Crippen molar-refractivity contribution in [3.63, 3.8) is 0 Å². The summed E-state index contributed by atoms with van der Waals surface area (Å²) in [6.45, 7) is 3.71. The molecule has 0 heterocycles. The van der Waals surface area contributed by atoms with Gasteiger partial charge in [-0.25, -0.2) is 8.42 Å². The first-order valence-electron chi connectivity index (χ1n) is 5.20. The molecule has 1 unspecified atom stereocenters. The second-order valence-corrected chi connectivity index (χ2v) is 5.44. The maximum Gasteiger partial charge on any atom is 0.234 e. The molecule has 0 saturated heterocycles. The molecule has 0 bridgehead atoms. The van der Waals surface area contributed by atoms with E-state index in [1.807, 2.05) is 11.6 Å². The van der Waals surface area contributed by atoms with Gasteiger partial charge < -0.3 is 5.73 Å². The van der Waals surface area contributed by atoms with Crippen molar-refractivity contribution in [2.75, 3.05) is 5.75 Å². The minimum absolute atomic E-state index is 0.0260. The molecule has 15 heavy (non-hydrogen) atoms. The molecule has 1 amide bonds. The fourth-order valence-corrected chi connectivity index (χ4v) is 2.32. The van der Waals surface area contributed by atoms with Gasteiger partial charge in [-0.2, -0.15) is 0 Å². The van der Waals surface area contributed by atoms with Crippen LogP contribution in [0, 0.1) is 0 Å². The summed E-state index contributed by atoms with van der Waals surface area (Å²) in [5, 5.41) is 0. The van der Waals surface area contributed by atoms with E-state index in [1.54, 1.807) is 6.92 Å². The Kier molecular flexibility index (Phi) is 6.51. The van der Waals surface area contributed by atoms with E-state index >= 15 is 0 Å². The maximum atomic E-state index is 11.2. The standard InChI is InChI=1S/C9H20N2O3S/c1-3-5-8(10)7-9(12)11-15(13,14)6-4-2/h8H,3-7,10H2,1-2H3,(H,11,12). The second kappa shape index (κ2) is 6.79. The lowest BCUT2D eigenvalue weighted by molar-refractivity contribution is -0.119. The molecule has 5 nitrogen and oxygen atoms in total. The van der Waals surface area contributed by atoms with Crippen LogP contribution < -0.4 is 10.5 Å². The highest BCUT2D eigenvalue weighted by Crippen LogP contribution is 1.99. The maximum absolute atomic E-state index is 11.2. The molecule has 0 spiro atoms. The Labute approximate surface area is 91.5 Å². The Balaban J connectivity index is 4.03. The van der Waals surface area contributed by atoms with Crippen LogP contribution in [0.3, 0.4) is 0 Å². The van der Waals surface area contributed by atoms with Crippen molar-refractivity contribution in [3.8, 4) is 0 Å². The van der Waals surface area contributed by atoms with Crippen LogP contribution in [0.25, 0.3) is 0 Å². The second-order valence-electron chi connectivity index (χ2n) is 3.60. The number of nitrogens with one attached hydrogen (secondary N) is 1. The normalized spacial score (nSPS) is 13.5. The first-order valence-corrected chi connectivity index (χ1v) is 6.85. The average molecular weight is 236 g/mol. The van der Waals surface area contributed by atoms with Crippen LogP contribution in [0.4, 0.5) is 0 Å². The van der Waals surface area contributed by atoms with Gasteiger partial charge in [0.25, 0.3) is 0 Å². The molecule has 0 saturated carbocycles. The molecule has 0 aromatic carbocycles. The quantitative estimate of drug-likeness (QED) is 0.668. The zero-order valence-electron chi connectivity index (χ0n) is 9.32. The van der Waals surface area contributed by atoms with Crippen molar-refractivity contribution < 1.29 is 13.2 Å². The predicted octanol–water partition coefficient (Wildman–Crippen LogP) is 0.360. The molecule has 1 atom stereocenters. The number of amides is 1. The van der Waals surface area contributed by atoms with E-state index in [-0.39, 0.29) is 18.2 Å². The van der Waals surface area contributed by atoms with Crippen LogP contribution in [0.5, 0.6) is 0 Å². The summed E-state index contributed by atoms with van der Waals surface area (Å²) in [6, 6.07) is -0.258. The summed E-state index contributed by atoms with van der Waals surface area (Å²) in [6.07, 6.45) is 2.16. The van der Waals surface area contributed by atoms with E-state index in [0.717, 1.165) is 12.8 Å². The Morgan fingerprint density at radius 2 is 1.93 bits per heavy atom. The number of carbonyl (C=O) groups is 1. The molecule has 6 heteroatoms. The van der Waals surface area contributed by atoms with Crippen LogP contribution in [0.15, 0.2) is 0 Å². The SMILES string of the molecule is CCCC(N)CC(=O)NS(=O)(=O)CCC. The van der Waals surface area contributed by atoms with Crippen LogP contribution >= 0.6 is 0 Å². The van der Waals surface area contributed by atoms with Gasteiger partial charge in [-0.15, -0.1) is 0 Å². The highest BCUT2D eigenvalue weighted by Gasteiger charge is 2.15. The lowest BCUT2D eigenvalue weighted by atomic mass is 10.1. The smallest absolute Gasteiger partial charge is 0.234 e. The average Bonchev–Trinajstić information content (AvgIpc) is 2.01. The van der Waals surface area contributed by atoms with Crippen molar-refractivity contribution in [2.45, 2.75) is 45.6 Å². The largest absolute Gasteiger partial charge is 0.327 e. The zero-order chi connectivity index (χ0) is 11.9. The molecule has 0 radical (unpaired) electrons. The minimum Gasteiger partial charge on any atom is -0.327 e. The topological polar surface area (TPSA) is 89.3 Å². The number of sulfonamides is 1. The molecule has 90 valence electrons. The Hall–Kier alpha value is -0.620. The molecule has 0 fully saturated rings. The lowest BCUT2D eigenvalue weighted by Gasteiger charge is -2.10. The van der Waals surface area contributed by atoms with Gasteiger partial charge in [-0.05, 0) is 12.8 Å². The van der Waals surface area contributed by atoms with Crippen molar-refractivity contribution in [3.05, 3.63) is 0 Å². The predicted molar refractivity (Wildman–Crippen MR) is 59.7 cm³/mol. The van der Waals surface area contributed by atoms with Crippen molar-refractivity contribution in [1.82, 2.24) is 4.72 Å². The van der Waals surface area contributed by atoms with E-state index in [9.17, 15) is 13.2 Å². The van der Waals surface area contributed by atoms with Crippen LogP contribution in [0.1, 0.15) is 39.5 Å². The number of rotatable bonds is 7. The van der Waals surface area contributed by atoms with E-state index in [4.69, 9.17) is 5.73 Å². The molecule has 0 aliphatic carbocycles. The molecule has 0 aliphatic rings. The highest BCUT2D eigenvalue weighted by atomic mass is 32.2. The molecular weight excluding hydrogens is 216 g/mol. The van der Waals surface area contributed by atoms with Gasteiger partial charge >= 0.3 is 0 Å². The fraction of sp³-hybridized carbons (Fsp3) is 0.889. The zero-order valence-corrected chi connectivity index (χ0v) is 10.1. The first-order chi connectivity index (χ1) is 6.91. The van der Waals surface area contributed by atoms with Gasteiger partial charge in [-0.3, -0.25) is 9.52 Å². The van der Waals surface area contributed by atoms with Gasteiger partial charge in [-0.1, -0.05) is 20.3 Å². The lowest BCUT2D eigenvalue weighted by Crippen LogP contribution is -2.36. The number of nitrogens with two attached hydrogens (primary N) is 1. The third-order valence-corrected chi connectivity index (χ3v) is 3.33. The molecule has 0 rings (SSSR count). The number of hydrogen-bond donors (Lipinski definition) is 2. The van der Waals surface area contributed by atoms with Gasteiger partial charge in [0, 0.05) is 12.5 Å². The van der Waals surface area contributed by atoms with E-state index in [2.05, 4.69) is 0 Å². The summed E-state index contributed by atoms with van der Waals surface area (Å²) in [5.41, 5.74) is 5.62. The van der Waals surface area contributed by atoms with E-state index in [1.165, 1.54) is 0 Å². The molecular formula is C9H20N2O3S. The van der Waals surface area contributed by atoms with Crippen LogP contribution in [0.2, 0.25) is 0 Å². The number of hydrogen-bond acceptors (Lipinski definition) is 4. The van der Waals surface area contributed by atoms with Crippen molar-refractivity contribution in [1.29, 1.82) is 0 Å². The summed E-state index contributed by atoms with van der Waals surface area (Å²) >= 11 is 0. The highest BCUT2D eigenvalue weighted by molar-refractivity contribution is 7.90. The number of carbonyl (C=O) groups excluding carboxylic acids is 1. The van der Waals surface area contributed by atoms with Gasteiger partial charge in [0.2, 0.25) is 15.9 Å². The molecule has 0 aliphatic heterocycles. The molecule has 3 N–H and O–H groups in total. The summed E-state index contributed by atoms with van der Waals surface area (Å²) < 4.78 is 24.4. The summed E-state index contributed by atoms with van der Waals surface area (Å²) in [7, 11) is -3.45. The third kappa shape index (κ3) is 7.33. The first kappa shape index (κ1) is 14.4. The Morgan fingerprint density at radius 1 is 1.33 bits per heavy atom. The minimum atomic E-state index is -3.45. The van der Waals surface area contributed by atoms with Crippen molar-refractivity contribution >= 4 is 15.9 Å². The third-order valence-electron chi connectivity index (χ3n) is 1.85. The van der Waals surface area contributed by atoms with Gasteiger partial charge in [0.1, 0.15) is 0 Å².